The molecule has 1 amide bonds. The number of carbonyl (C=O) groups excluding carboxylic acids is 1. The zero-order chi connectivity index (χ0) is 22.0. The highest BCUT2D eigenvalue weighted by Crippen LogP contribution is 2.32. The summed E-state index contributed by atoms with van der Waals surface area (Å²) >= 11 is 0. The molecule has 4 rings (SSSR count). The maximum absolute atomic E-state index is 14.3. The second-order valence-corrected chi connectivity index (χ2v) is 9.02. The van der Waals surface area contributed by atoms with Gasteiger partial charge in [-0.2, -0.15) is 0 Å². The van der Waals surface area contributed by atoms with Crippen molar-refractivity contribution in [1.82, 2.24) is 15.1 Å². The summed E-state index contributed by atoms with van der Waals surface area (Å²) in [7, 11) is 1.26. The lowest BCUT2D eigenvalue weighted by Gasteiger charge is -2.42. The standard InChI is InChI=1S/C22H31FN4O4/c1-31-21-12-18(19(23)13-20(21)27(29)30)22(28)24-16-4-6-17(7-5-16)26-10-8-25(9-11-26)14-15-2-3-15/h12-13,15-17H,2-11,14H2,1H3,(H,24,28). The first kappa shape index (κ1) is 22.0. The summed E-state index contributed by atoms with van der Waals surface area (Å²) in [5.74, 6) is -0.655. The Bertz CT molecular complexity index is 816. The Morgan fingerprint density at radius 2 is 1.84 bits per heavy atom. The Kier molecular flexibility index (Phi) is 6.71. The molecule has 2 aliphatic carbocycles. The van der Waals surface area contributed by atoms with Gasteiger partial charge in [0.1, 0.15) is 5.82 Å². The van der Waals surface area contributed by atoms with E-state index in [4.69, 9.17) is 4.74 Å². The quantitative estimate of drug-likeness (QED) is 0.525. The number of nitro groups is 1. The van der Waals surface area contributed by atoms with E-state index >= 15 is 0 Å². The van der Waals surface area contributed by atoms with Gasteiger partial charge >= 0.3 is 5.69 Å². The fourth-order valence-electron chi connectivity index (χ4n) is 4.85. The molecule has 2 saturated carbocycles. The van der Waals surface area contributed by atoms with Crippen molar-refractivity contribution in [2.75, 3.05) is 39.8 Å². The topological polar surface area (TPSA) is 88.0 Å². The average molecular weight is 435 g/mol. The molecule has 0 unspecified atom stereocenters. The lowest BCUT2D eigenvalue weighted by molar-refractivity contribution is -0.385. The van der Waals surface area contributed by atoms with Crippen LogP contribution in [0.25, 0.3) is 0 Å². The van der Waals surface area contributed by atoms with Crippen molar-refractivity contribution in [1.29, 1.82) is 0 Å². The summed E-state index contributed by atoms with van der Waals surface area (Å²) in [5.41, 5.74) is -0.717. The number of nitrogens with zero attached hydrogens (tertiary/aromatic N) is 3. The Morgan fingerprint density at radius 3 is 2.42 bits per heavy atom. The van der Waals surface area contributed by atoms with Gasteiger partial charge < -0.3 is 15.0 Å². The van der Waals surface area contributed by atoms with Gasteiger partial charge in [-0.05, 0) is 44.4 Å². The molecule has 0 bridgehead atoms. The molecule has 3 aliphatic rings. The van der Waals surface area contributed by atoms with E-state index in [2.05, 4.69) is 15.1 Å². The molecule has 1 saturated heterocycles. The van der Waals surface area contributed by atoms with Crippen LogP contribution in [-0.4, -0.2) is 72.5 Å². The molecule has 0 aromatic heterocycles. The van der Waals surface area contributed by atoms with E-state index in [0.717, 1.165) is 69.9 Å². The molecule has 9 heteroatoms. The highest BCUT2D eigenvalue weighted by atomic mass is 19.1. The molecular weight excluding hydrogens is 403 g/mol. The summed E-state index contributed by atoms with van der Waals surface area (Å²) in [6, 6.07) is 2.39. The van der Waals surface area contributed by atoms with E-state index in [1.54, 1.807) is 0 Å². The van der Waals surface area contributed by atoms with Crippen molar-refractivity contribution in [2.45, 2.75) is 50.6 Å². The lowest BCUT2D eigenvalue weighted by atomic mass is 9.89. The number of ether oxygens (including phenoxy) is 1. The highest BCUT2D eigenvalue weighted by molar-refractivity contribution is 5.95. The summed E-state index contributed by atoms with van der Waals surface area (Å²) < 4.78 is 19.3. The summed E-state index contributed by atoms with van der Waals surface area (Å²) in [6.45, 7) is 5.78. The van der Waals surface area contributed by atoms with E-state index in [1.807, 2.05) is 0 Å². The summed E-state index contributed by atoms with van der Waals surface area (Å²) in [5, 5.41) is 13.9. The minimum absolute atomic E-state index is 0.0134. The predicted octanol–water partition coefficient (Wildman–Crippen LogP) is 2.81. The molecule has 0 atom stereocenters. The fraction of sp³-hybridized carbons (Fsp3) is 0.682. The van der Waals surface area contributed by atoms with Crippen molar-refractivity contribution in [2.24, 2.45) is 5.92 Å². The Balaban J connectivity index is 1.27. The molecular formula is C22H31FN4O4. The third-order valence-corrected chi connectivity index (χ3v) is 6.88. The van der Waals surface area contributed by atoms with Gasteiger partial charge in [-0.3, -0.25) is 19.8 Å². The maximum atomic E-state index is 14.3. The zero-order valence-electron chi connectivity index (χ0n) is 18.0. The molecule has 1 aliphatic heterocycles. The number of halogens is 1. The number of benzene rings is 1. The number of nitro benzene ring substituents is 1. The van der Waals surface area contributed by atoms with Crippen molar-refractivity contribution in [3.05, 3.63) is 33.6 Å². The molecule has 1 aromatic rings. The smallest absolute Gasteiger partial charge is 0.313 e. The van der Waals surface area contributed by atoms with Crippen LogP contribution in [0.5, 0.6) is 5.75 Å². The molecule has 0 spiro atoms. The summed E-state index contributed by atoms with van der Waals surface area (Å²) in [4.78, 5) is 28.1. The second kappa shape index (κ2) is 9.48. The molecule has 0 radical (unpaired) electrons. The fourth-order valence-corrected chi connectivity index (χ4v) is 4.85. The summed E-state index contributed by atoms with van der Waals surface area (Å²) in [6.07, 6.45) is 6.52. The minimum atomic E-state index is -0.914. The number of nitrogens with one attached hydrogen (secondary N) is 1. The van der Waals surface area contributed by atoms with Crippen LogP contribution in [0.15, 0.2) is 12.1 Å². The third kappa shape index (κ3) is 5.33. The van der Waals surface area contributed by atoms with E-state index < -0.39 is 22.3 Å². The molecule has 1 heterocycles. The molecule has 31 heavy (non-hydrogen) atoms. The van der Waals surface area contributed by atoms with Crippen molar-refractivity contribution < 1.29 is 18.8 Å². The highest BCUT2D eigenvalue weighted by Gasteiger charge is 2.31. The Hall–Kier alpha value is -2.26. The van der Waals surface area contributed by atoms with Crippen LogP contribution >= 0.6 is 0 Å². The molecule has 3 fully saturated rings. The number of methoxy groups -OCH3 is 1. The molecule has 170 valence electrons. The Morgan fingerprint density at radius 1 is 1.16 bits per heavy atom. The molecule has 8 nitrogen and oxygen atoms in total. The molecule has 1 aromatic carbocycles. The van der Waals surface area contributed by atoms with Crippen LogP contribution in [0.1, 0.15) is 48.9 Å². The number of amides is 1. The normalized spacial score (nSPS) is 25.2. The van der Waals surface area contributed by atoms with Crippen LogP contribution in [-0.2, 0) is 0 Å². The largest absolute Gasteiger partial charge is 0.490 e. The van der Waals surface area contributed by atoms with Crippen molar-refractivity contribution >= 4 is 11.6 Å². The van der Waals surface area contributed by atoms with Crippen LogP contribution < -0.4 is 10.1 Å². The van der Waals surface area contributed by atoms with Crippen LogP contribution in [0.4, 0.5) is 10.1 Å². The first-order valence-corrected chi connectivity index (χ1v) is 11.2. The van der Waals surface area contributed by atoms with Crippen LogP contribution in [0.3, 0.4) is 0 Å². The average Bonchev–Trinajstić information content (AvgIpc) is 3.58. The van der Waals surface area contributed by atoms with Crippen molar-refractivity contribution in [3.63, 3.8) is 0 Å². The monoisotopic (exact) mass is 434 g/mol. The lowest BCUT2D eigenvalue weighted by Crippen LogP contribution is -2.52. The SMILES string of the molecule is COc1cc(C(=O)NC2CCC(N3CCN(CC4CC4)CC3)CC2)c(F)cc1[N+](=O)[O-]. The van der Waals surface area contributed by atoms with Gasteiger partial charge in [0, 0.05) is 50.9 Å². The second-order valence-electron chi connectivity index (χ2n) is 9.02. The van der Waals surface area contributed by atoms with E-state index in [9.17, 15) is 19.3 Å². The van der Waals surface area contributed by atoms with Gasteiger partial charge in [0.2, 0.25) is 0 Å². The zero-order valence-corrected chi connectivity index (χ0v) is 18.0. The third-order valence-electron chi connectivity index (χ3n) is 6.88. The number of rotatable bonds is 7. The number of hydrogen-bond acceptors (Lipinski definition) is 6. The minimum Gasteiger partial charge on any atom is -0.490 e. The Labute approximate surface area is 181 Å². The van der Waals surface area contributed by atoms with Gasteiger partial charge in [0.05, 0.1) is 23.7 Å². The predicted molar refractivity (Wildman–Crippen MR) is 114 cm³/mol. The maximum Gasteiger partial charge on any atom is 0.313 e. The van der Waals surface area contributed by atoms with Gasteiger partial charge in [0.15, 0.2) is 5.75 Å². The van der Waals surface area contributed by atoms with E-state index in [-0.39, 0.29) is 17.4 Å². The van der Waals surface area contributed by atoms with Gasteiger partial charge in [0.25, 0.3) is 5.91 Å². The first-order valence-electron chi connectivity index (χ1n) is 11.2. The van der Waals surface area contributed by atoms with E-state index in [0.29, 0.717) is 6.04 Å². The van der Waals surface area contributed by atoms with Gasteiger partial charge in [-0.1, -0.05) is 0 Å². The van der Waals surface area contributed by atoms with Gasteiger partial charge in [-0.15, -0.1) is 0 Å². The first-order chi connectivity index (χ1) is 14.9. The van der Waals surface area contributed by atoms with Gasteiger partial charge in [-0.25, -0.2) is 4.39 Å². The number of hydrogen-bond donors (Lipinski definition) is 1. The van der Waals surface area contributed by atoms with Crippen molar-refractivity contribution in [3.8, 4) is 5.75 Å². The molecule has 1 N–H and O–H groups in total. The van der Waals surface area contributed by atoms with Crippen LogP contribution in [0, 0.1) is 21.8 Å². The number of piperazine rings is 1. The van der Waals surface area contributed by atoms with E-state index in [1.165, 1.54) is 26.5 Å². The number of carbonyl (C=O) groups is 1. The van der Waals surface area contributed by atoms with Crippen LogP contribution in [0.2, 0.25) is 0 Å².